The van der Waals surface area contributed by atoms with Gasteiger partial charge in [-0.2, -0.15) is 0 Å². The van der Waals surface area contributed by atoms with E-state index >= 15 is 0 Å². The number of hydrogen-bond acceptors (Lipinski definition) is 3. The number of piperidine rings is 1. The van der Waals surface area contributed by atoms with Crippen molar-refractivity contribution >= 4 is 27.5 Å². The van der Waals surface area contributed by atoms with Gasteiger partial charge >= 0.3 is 0 Å². The Balaban J connectivity index is 1.87. The minimum absolute atomic E-state index is 0.0614. The molecule has 1 heterocycles. The van der Waals surface area contributed by atoms with Crippen molar-refractivity contribution in [1.82, 2.24) is 10.2 Å². The third-order valence-electron chi connectivity index (χ3n) is 3.62. The van der Waals surface area contributed by atoms with Crippen LogP contribution in [0, 0.1) is 0 Å². The number of nitrogens with two attached hydrogens (primary N) is 1. The Hall–Kier alpha value is -1.07. The summed E-state index contributed by atoms with van der Waals surface area (Å²) in [5.41, 5.74) is 7.00. The molecule has 0 bridgehead atoms. The Labute approximate surface area is 128 Å². The van der Waals surface area contributed by atoms with Crippen LogP contribution < -0.4 is 11.1 Å². The molecule has 1 aromatic rings. The fourth-order valence-corrected chi connectivity index (χ4v) is 2.81. The number of carbonyl (C=O) groups is 1. The molecule has 2 rings (SSSR count). The normalized spacial score (nSPS) is 17.7. The van der Waals surface area contributed by atoms with E-state index in [2.05, 4.69) is 33.1 Å². The van der Waals surface area contributed by atoms with Crippen LogP contribution >= 0.6 is 15.9 Å². The Kier molecular flexibility index (Phi) is 5.43. The van der Waals surface area contributed by atoms with Crippen molar-refractivity contribution in [2.45, 2.75) is 32.2 Å². The number of likely N-dealkylation sites (tertiary alicyclic amines) is 1. The fourth-order valence-electron chi connectivity index (χ4n) is 2.57. The molecule has 0 spiro atoms. The van der Waals surface area contributed by atoms with Crippen molar-refractivity contribution in [2.75, 3.05) is 25.4 Å². The highest BCUT2D eigenvalue weighted by Gasteiger charge is 2.16. The van der Waals surface area contributed by atoms with Gasteiger partial charge in [-0.05, 0) is 67.0 Å². The van der Waals surface area contributed by atoms with Gasteiger partial charge in [-0.15, -0.1) is 0 Å². The van der Waals surface area contributed by atoms with Crippen molar-refractivity contribution < 1.29 is 4.79 Å². The molecule has 110 valence electrons. The third-order valence-corrected chi connectivity index (χ3v) is 4.34. The SMILES string of the molecule is CC(CN1CCCCC1)NC(=O)c1ccc(Br)c(N)c1. The van der Waals surface area contributed by atoms with Crippen LogP contribution in [-0.4, -0.2) is 36.5 Å². The lowest BCUT2D eigenvalue weighted by molar-refractivity contribution is 0.0925. The lowest BCUT2D eigenvalue weighted by atomic mass is 10.1. The van der Waals surface area contributed by atoms with E-state index in [-0.39, 0.29) is 11.9 Å². The quantitative estimate of drug-likeness (QED) is 0.829. The Morgan fingerprint density at radius 3 is 2.75 bits per heavy atom. The van der Waals surface area contributed by atoms with Crippen molar-refractivity contribution in [1.29, 1.82) is 0 Å². The highest BCUT2D eigenvalue weighted by atomic mass is 79.9. The number of nitrogens with one attached hydrogen (secondary N) is 1. The molecule has 0 aliphatic carbocycles. The molecule has 1 atom stereocenters. The number of halogens is 1. The Morgan fingerprint density at radius 2 is 2.10 bits per heavy atom. The van der Waals surface area contributed by atoms with Crippen LogP contribution in [-0.2, 0) is 0 Å². The van der Waals surface area contributed by atoms with E-state index in [4.69, 9.17) is 5.73 Å². The molecule has 1 saturated heterocycles. The average Bonchev–Trinajstić information content (AvgIpc) is 2.42. The average molecular weight is 340 g/mol. The maximum Gasteiger partial charge on any atom is 0.251 e. The van der Waals surface area contributed by atoms with Crippen LogP contribution in [0.1, 0.15) is 36.5 Å². The van der Waals surface area contributed by atoms with Gasteiger partial charge in [-0.25, -0.2) is 0 Å². The number of carbonyl (C=O) groups excluding carboxylic acids is 1. The number of amides is 1. The summed E-state index contributed by atoms with van der Waals surface area (Å²) < 4.78 is 0.815. The smallest absolute Gasteiger partial charge is 0.251 e. The largest absolute Gasteiger partial charge is 0.398 e. The van der Waals surface area contributed by atoms with E-state index in [9.17, 15) is 4.79 Å². The van der Waals surface area contributed by atoms with Crippen LogP contribution in [0.2, 0.25) is 0 Å². The van der Waals surface area contributed by atoms with E-state index in [0.29, 0.717) is 11.3 Å². The first-order valence-electron chi connectivity index (χ1n) is 7.14. The zero-order valence-corrected chi connectivity index (χ0v) is 13.4. The molecule has 1 amide bonds. The first-order valence-corrected chi connectivity index (χ1v) is 7.94. The molecule has 1 aliphatic rings. The third kappa shape index (κ3) is 4.21. The minimum Gasteiger partial charge on any atom is -0.398 e. The summed E-state index contributed by atoms with van der Waals surface area (Å²) in [6.07, 6.45) is 3.86. The van der Waals surface area contributed by atoms with Crippen LogP contribution in [0.5, 0.6) is 0 Å². The summed E-state index contributed by atoms with van der Waals surface area (Å²) in [5, 5.41) is 3.04. The Bertz CT molecular complexity index is 472. The molecule has 20 heavy (non-hydrogen) atoms. The van der Waals surface area contributed by atoms with Crippen molar-refractivity contribution in [3.05, 3.63) is 28.2 Å². The van der Waals surface area contributed by atoms with Crippen LogP contribution in [0.3, 0.4) is 0 Å². The predicted molar refractivity (Wildman–Crippen MR) is 85.8 cm³/mol. The molecule has 3 N–H and O–H groups in total. The first-order chi connectivity index (χ1) is 9.56. The van der Waals surface area contributed by atoms with Gasteiger partial charge < -0.3 is 16.0 Å². The number of rotatable bonds is 4. The van der Waals surface area contributed by atoms with Gasteiger partial charge in [0.05, 0.1) is 0 Å². The molecule has 0 saturated carbocycles. The molecule has 1 aliphatic heterocycles. The molecule has 1 fully saturated rings. The highest BCUT2D eigenvalue weighted by Crippen LogP contribution is 2.20. The van der Waals surface area contributed by atoms with Gasteiger partial charge in [0.15, 0.2) is 0 Å². The van der Waals surface area contributed by atoms with E-state index in [1.54, 1.807) is 18.2 Å². The van der Waals surface area contributed by atoms with Gasteiger partial charge in [0.2, 0.25) is 0 Å². The second-order valence-corrected chi connectivity index (χ2v) is 6.33. The summed E-state index contributed by atoms with van der Waals surface area (Å²) in [4.78, 5) is 14.6. The second-order valence-electron chi connectivity index (χ2n) is 5.47. The van der Waals surface area contributed by atoms with E-state index < -0.39 is 0 Å². The first kappa shape index (κ1) is 15.3. The van der Waals surface area contributed by atoms with E-state index in [1.165, 1.54) is 19.3 Å². The zero-order chi connectivity index (χ0) is 14.5. The minimum atomic E-state index is -0.0614. The van der Waals surface area contributed by atoms with Gasteiger partial charge in [-0.3, -0.25) is 4.79 Å². The summed E-state index contributed by atoms with van der Waals surface area (Å²) in [6.45, 7) is 5.25. The number of hydrogen-bond donors (Lipinski definition) is 2. The molecule has 5 heteroatoms. The molecular weight excluding hydrogens is 318 g/mol. The molecule has 1 unspecified atom stereocenters. The zero-order valence-electron chi connectivity index (χ0n) is 11.9. The van der Waals surface area contributed by atoms with Gasteiger partial charge in [0.1, 0.15) is 0 Å². The summed E-state index contributed by atoms with van der Waals surface area (Å²) in [7, 11) is 0. The highest BCUT2D eigenvalue weighted by molar-refractivity contribution is 9.10. The monoisotopic (exact) mass is 339 g/mol. The standard InChI is InChI=1S/C15H22BrN3O/c1-11(10-19-7-3-2-4-8-19)18-15(20)12-5-6-13(16)14(17)9-12/h5-6,9,11H,2-4,7-8,10,17H2,1H3,(H,18,20). The van der Waals surface area contributed by atoms with E-state index in [1.807, 2.05) is 0 Å². The van der Waals surface area contributed by atoms with Crippen molar-refractivity contribution in [2.24, 2.45) is 0 Å². The molecule has 4 nitrogen and oxygen atoms in total. The van der Waals surface area contributed by atoms with Crippen LogP contribution in [0.15, 0.2) is 22.7 Å². The van der Waals surface area contributed by atoms with Crippen molar-refractivity contribution in [3.63, 3.8) is 0 Å². The summed E-state index contributed by atoms with van der Waals surface area (Å²) >= 11 is 3.33. The lowest BCUT2D eigenvalue weighted by Gasteiger charge is -2.29. The topological polar surface area (TPSA) is 58.4 Å². The second kappa shape index (κ2) is 7.09. The number of benzene rings is 1. The van der Waals surface area contributed by atoms with Crippen LogP contribution in [0.4, 0.5) is 5.69 Å². The fraction of sp³-hybridized carbons (Fsp3) is 0.533. The maximum atomic E-state index is 12.2. The molecule has 0 radical (unpaired) electrons. The molecule has 1 aromatic carbocycles. The number of anilines is 1. The van der Waals surface area contributed by atoms with Crippen molar-refractivity contribution in [3.8, 4) is 0 Å². The van der Waals surface area contributed by atoms with Gasteiger partial charge in [0, 0.05) is 28.3 Å². The van der Waals surface area contributed by atoms with Gasteiger partial charge in [-0.1, -0.05) is 6.42 Å². The number of nitrogens with zero attached hydrogens (tertiary/aromatic N) is 1. The Morgan fingerprint density at radius 1 is 1.40 bits per heavy atom. The molecule has 0 aromatic heterocycles. The lowest BCUT2D eigenvalue weighted by Crippen LogP contribution is -2.43. The molecular formula is C15H22BrN3O. The number of nitrogen functional groups attached to an aromatic ring is 1. The summed E-state index contributed by atoms with van der Waals surface area (Å²) in [6, 6.07) is 5.43. The van der Waals surface area contributed by atoms with Gasteiger partial charge in [0.25, 0.3) is 5.91 Å². The van der Waals surface area contributed by atoms with E-state index in [0.717, 1.165) is 24.1 Å². The van der Waals surface area contributed by atoms with Crippen LogP contribution in [0.25, 0.3) is 0 Å². The summed E-state index contributed by atoms with van der Waals surface area (Å²) in [5.74, 6) is -0.0614. The maximum absolute atomic E-state index is 12.2. The predicted octanol–water partition coefficient (Wildman–Crippen LogP) is 2.64.